The molecule has 0 radical (unpaired) electrons. The van der Waals surface area contributed by atoms with Crippen LogP contribution >= 0.6 is 0 Å². The van der Waals surface area contributed by atoms with E-state index in [0.29, 0.717) is 17.7 Å². The molecule has 1 aromatic carbocycles. The lowest BCUT2D eigenvalue weighted by Gasteiger charge is -2.29. The molecular weight excluding hydrogens is 292 g/mol. The van der Waals surface area contributed by atoms with Gasteiger partial charge in [-0.15, -0.1) is 6.42 Å². The van der Waals surface area contributed by atoms with Crippen molar-refractivity contribution in [3.05, 3.63) is 35.5 Å². The standard InChI is InChI=1S/C18H20N2O3/c1-5-13-9-14-10-15(8-12(2)17(14)20-11-13)23-18(3,22-4)7-6-16(19)21/h1,8-11H,6-7H2,2-4H3,(H2,19,21). The molecule has 1 atom stereocenters. The van der Waals surface area contributed by atoms with Crippen LogP contribution in [0.5, 0.6) is 5.75 Å². The average Bonchev–Trinajstić information content (AvgIpc) is 2.52. The summed E-state index contributed by atoms with van der Waals surface area (Å²) in [6.07, 6.45) is 7.63. The average molecular weight is 312 g/mol. The minimum absolute atomic E-state index is 0.180. The number of pyridine rings is 1. The second-order valence-corrected chi connectivity index (χ2v) is 5.59. The number of aromatic nitrogens is 1. The maximum absolute atomic E-state index is 11.0. The number of nitrogens with two attached hydrogens (primary N) is 1. The van der Waals surface area contributed by atoms with Crippen LogP contribution in [0.25, 0.3) is 10.9 Å². The smallest absolute Gasteiger partial charge is 0.217 e. The summed E-state index contributed by atoms with van der Waals surface area (Å²) in [5.41, 5.74) is 7.74. The number of benzene rings is 1. The van der Waals surface area contributed by atoms with Gasteiger partial charge in [0, 0.05) is 44.0 Å². The van der Waals surface area contributed by atoms with Gasteiger partial charge >= 0.3 is 0 Å². The van der Waals surface area contributed by atoms with Crippen LogP contribution in [0.4, 0.5) is 0 Å². The first-order valence-electron chi connectivity index (χ1n) is 7.26. The summed E-state index contributed by atoms with van der Waals surface area (Å²) in [5, 5.41) is 0.892. The van der Waals surface area contributed by atoms with Gasteiger partial charge < -0.3 is 15.2 Å². The van der Waals surface area contributed by atoms with E-state index in [1.807, 2.05) is 25.1 Å². The van der Waals surface area contributed by atoms with Crippen molar-refractivity contribution in [2.75, 3.05) is 7.11 Å². The number of nitrogens with zero attached hydrogens (tertiary/aromatic N) is 1. The van der Waals surface area contributed by atoms with Crippen molar-refractivity contribution >= 4 is 16.8 Å². The fourth-order valence-corrected chi connectivity index (χ4v) is 2.33. The number of primary amides is 1. The Morgan fingerprint density at radius 2 is 2.17 bits per heavy atom. The Morgan fingerprint density at radius 1 is 1.43 bits per heavy atom. The summed E-state index contributed by atoms with van der Waals surface area (Å²) >= 11 is 0. The first kappa shape index (κ1) is 16.8. The monoisotopic (exact) mass is 312 g/mol. The molecule has 2 aromatic rings. The maximum Gasteiger partial charge on any atom is 0.217 e. The van der Waals surface area contributed by atoms with E-state index in [-0.39, 0.29) is 6.42 Å². The van der Waals surface area contributed by atoms with Crippen molar-refractivity contribution in [1.29, 1.82) is 0 Å². The van der Waals surface area contributed by atoms with Crippen molar-refractivity contribution in [3.63, 3.8) is 0 Å². The molecule has 0 aliphatic heterocycles. The highest BCUT2D eigenvalue weighted by Gasteiger charge is 2.26. The van der Waals surface area contributed by atoms with Crippen LogP contribution < -0.4 is 10.5 Å². The van der Waals surface area contributed by atoms with Crippen LogP contribution in [0.3, 0.4) is 0 Å². The van der Waals surface area contributed by atoms with Crippen molar-refractivity contribution in [2.45, 2.75) is 32.5 Å². The fraction of sp³-hybridized carbons (Fsp3) is 0.333. The lowest BCUT2D eigenvalue weighted by molar-refractivity contribution is -0.157. The number of aryl methyl sites for hydroxylation is 1. The molecule has 1 amide bonds. The predicted molar refractivity (Wildman–Crippen MR) is 88.9 cm³/mol. The molecule has 120 valence electrons. The summed E-state index contributed by atoms with van der Waals surface area (Å²) in [5.74, 6) is 1.86. The molecule has 5 nitrogen and oxygen atoms in total. The Labute approximate surface area is 135 Å². The van der Waals surface area contributed by atoms with Crippen LogP contribution in [0.15, 0.2) is 24.4 Å². The zero-order valence-corrected chi connectivity index (χ0v) is 13.6. The highest BCUT2D eigenvalue weighted by Crippen LogP contribution is 2.29. The zero-order chi connectivity index (χ0) is 17.0. The van der Waals surface area contributed by atoms with Gasteiger partial charge in [-0.1, -0.05) is 5.92 Å². The van der Waals surface area contributed by atoms with Crippen LogP contribution in [0, 0.1) is 19.3 Å². The van der Waals surface area contributed by atoms with Crippen molar-refractivity contribution in [3.8, 4) is 18.1 Å². The fourth-order valence-electron chi connectivity index (χ4n) is 2.33. The quantitative estimate of drug-likeness (QED) is 0.657. The molecule has 1 aromatic heterocycles. The number of carbonyl (C=O) groups is 1. The first-order chi connectivity index (χ1) is 10.9. The number of ether oxygens (including phenoxy) is 2. The number of terminal acetylenes is 1. The molecule has 0 aliphatic rings. The summed E-state index contributed by atoms with van der Waals surface area (Å²) < 4.78 is 11.4. The van der Waals surface area contributed by atoms with Crippen LogP contribution in [0.1, 0.15) is 30.9 Å². The summed E-state index contributed by atoms with van der Waals surface area (Å²) in [6, 6.07) is 5.62. The predicted octanol–water partition coefficient (Wildman–Crippen LogP) is 2.53. The van der Waals surface area contributed by atoms with E-state index in [2.05, 4.69) is 10.9 Å². The van der Waals surface area contributed by atoms with E-state index in [4.69, 9.17) is 21.6 Å². The van der Waals surface area contributed by atoms with Gasteiger partial charge in [-0.3, -0.25) is 9.78 Å². The number of carbonyl (C=O) groups excluding carboxylic acids is 1. The van der Waals surface area contributed by atoms with E-state index in [9.17, 15) is 4.79 Å². The number of amides is 1. The van der Waals surface area contributed by atoms with Gasteiger partial charge in [0.25, 0.3) is 0 Å². The summed E-state index contributed by atoms with van der Waals surface area (Å²) in [4.78, 5) is 15.4. The minimum Gasteiger partial charge on any atom is -0.463 e. The van der Waals surface area contributed by atoms with Gasteiger partial charge in [-0.2, -0.15) is 0 Å². The molecule has 0 aliphatic carbocycles. The van der Waals surface area contributed by atoms with Crippen LogP contribution in [-0.4, -0.2) is 23.8 Å². The highest BCUT2D eigenvalue weighted by molar-refractivity contribution is 5.84. The topological polar surface area (TPSA) is 74.4 Å². The van der Waals surface area contributed by atoms with Gasteiger partial charge in [0.15, 0.2) is 0 Å². The number of fused-ring (bicyclic) bond motifs is 1. The molecule has 0 fully saturated rings. The zero-order valence-electron chi connectivity index (χ0n) is 13.6. The normalized spacial score (nSPS) is 13.3. The molecular formula is C18H20N2O3. The third-order valence-electron chi connectivity index (χ3n) is 3.70. The lowest BCUT2D eigenvalue weighted by Crippen LogP contribution is -2.35. The number of rotatable bonds is 6. The lowest BCUT2D eigenvalue weighted by atomic mass is 10.1. The van der Waals surface area contributed by atoms with Crippen molar-refractivity contribution in [1.82, 2.24) is 4.98 Å². The highest BCUT2D eigenvalue weighted by atomic mass is 16.7. The molecule has 23 heavy (non-hydrogen) atoms. The molecule has 0 saturated heterocycles. The summed E-state index contributed by atoms with van der Waals surface area (Å²) in [6.45, 7) is 3.72. The minimum atomic E-state index is -0.938. The number of hydrogen-bond acceptors (Lipinski definition) is 4. The van der Waals surface area contributed by atoms with Crippen molar-refractivity contribution in [2.24, 2.45) is 5.73 Å². The molecule has 5 heteroatoms. The molecule has 2 rings (SSSR count). The van der Waals surface area contributed by atoms with Crippen LogP contribution in [-0.2, 0) is 9.53 Å². The SMILES string of the molecule is C#Cc1cnc2c(C)cc(OC(C)(CCC(N)=O)OC)cc2c1. The molecule has 2 N–H and O–H groups in total. The number of hydrogen-bond donors (Lipinski definition) is 1. The maximum atomic E-state index is 11.0. The molecule has 0 spiro atoms. The van der Waals surface area contributed by atoms with E-state index in [1.165, 1.54) is 7.11 Å². The Bertz CT molecular complexity index is 780. The Balaban J connectivity index is 2.35. The first-order valence-corrected chi connectivity index (χ1v) is 7.26. The third-order valence-corrected chi connectivity index (χ3v) is 3.70. The van der Waals surface area contributed by atoms with E-state index >= 15 is 0 Å². The van der Waals surface area contributed by atoms with Crippen molar-refractivity contribution < 1.29 is 14.3 Å². The Hall–Kier alpha value is -2.58. The van der Waals surface area contributed by atoms with Gasteiger partial charge in [-0.05, 0) is 30.7 Å². The summed E-state index contributed by atoms with van der Waals surface area (Å²) in [7, 11) is 1.53. The molecule has 0 saturated carbocycles. The molecule has 1 unspecified atom stereocenters. The second kappa shape index (κ2) is 6.67. The Kier molecular flexibility index (Phi) is 4.87. The number of methoxy groups -OCH3 is 1. The van der Waals surface area contributed by atoms with Gasteiger partial charge in [0.05, 0.1) is 5.52 Å². The largest absolute Gasteiger partial charge is 0.463 e. The van der Waals surface area contributed by atoms with Gasteiger partial charge in [-0.25, -0.2) is 0 Å². The van der Waals surface area contributed by atoms with E-state index < -0.39 is 11.7 Å². The van der Waals surface area contributed by atoms with E-state index in [1.54, 1.807) is 13.1 Å². The van der Waals surface area contributed by atoms with Crippen LogP contribution in [0.2, 0.25) is 0 Å². The third kappa shape index (κ3) is 3.99. The van der Waals surface area contributed by atoms with Gasteiger partial charge in [0.2, 0.25) is 11.7 Å². The molecule has 0 bridgehead atoms. The van der Waals surface area contributed by atoms with Gasteiger partial charge in [0.1, 0.15) is 5.75 Å². The second-order valence-electron chi connectivity index (χ2n) is 5.59. The Morgan fingerprint density at radius 3 is 2.78 bits per heavy atom. The van der Waals surface area contributed by atoms with E-state index in [0.717, 1.165) is 16.5 Å². The molecule has 1 heterocycles.